The molecule has 1 aromatic heterocycles. The quantitative estimate of drug-likeness (QED) is 0.567. The van der Waals surface area contributed by atoms with Crippen LogP contribution in [0.3, 0.4) is 0 Å². The molecular weight excluding hydrogens is 292 g/mol. The van der Waals surface area contributed by atoms with Gasteiger partial charge in [0.05, 0.1) is 13.2 Å². The van der Waals surface area contributed by atoms with Crippen molar-refractivity contribution in [1.82, 2.24) is 9.55 Å². The highest BCUT2D eigenvalue weighted by Crippen LogP contribution is 2.34. The summed E-state index contributed by atoms with van der Waals surface area (Å²) in [5.74, 6) is -0.224. The monoisotopic (exact) mass is 312 g/mol. The van der Waals surface area contributed by atoms with E-state index in [0.29, 0.717) is 25.1 Å². The van der Waals surface area contributed by atoms with Crippen molar-refractivity contribution < 1.29 is 19.0 Å². The lowest BCUT2D eigenvalue weighted by Crippen LogP contribution is -2.38. The van der Waals surface area contributed by atoms with E-state index in [1.807, 2.05) is 6.92 Å². The van der Waals surface area contributed by atoms with Crippen molar-refractivity contribution in [2.45, 2.75) is 32.3 Å². The number of aryl methyl sites for hydroxylation is 1. The molecule has 1 aliphatic heterocycles. The maximum Gasteiger partial charge on any atom is 0.330 e. The standard InChI is InChI=1S/C14H20N2O6/c1-8-6-16(14(19)15-12(8)18)13-11(21-5-4-20-3)9(2)10(7-17)22-13/h6-7,9-11,13H,4-5H2,1-3H3,(H,15,18,19)/t9-,10-,11-,13-/m1/s1. The van der Waals surface area contributed by atoms with Gasteiger partial charge in [-0.25, -0.2) is 4.79 Å². The van der Waals surface area contributed by atoms with E-state index in [2.05, 4.69) is 4.98 Å². The fraction of sp³-hybridized carbons (Fsp3) is 0.643. The Bertz CT molecular complexity index is 637. The molecule has 0 spiro atoms. The number of rotatable bonds is 6. The zero-order valence-electron chi connectivity index (χ0n) is 12.8. The van der Waals surface area contributed by atoms with Crippen molar-refractivity contribution >= 4 is 6.29 Å². The van der Waals surface area contributed by atoms with Gasteiger partial charge in [-0.3, -0.25) is 14.3 Å². The Morgan fingerprint density at radius 3 is 2.77 bits per heavy atom. The van der Waals surface area contributed by atoms with Crippen LogP contribution in [0.2, 0.25) is 0 Å². The molecule has 1 aromatic rings. The molecule has 1 aliphatic rings. The second kappa shape index (κ2) is 6.99. The van der Waals surface area contributed by atoms with E-state index in [-0.39, 0.29) is 5.92 Å². The number of nitrogens with one attached hydrogen (secondary N) is 1. The number of ether oxygens (including phenoxy) is 3. The summed E-state index contributed by atoms with van der Waals surface area (Å²) in [6, 6.07) is 0. The highest BCUT2D eigenvalue weighted by atomic mass is 16.6. The maximum atomic E-state index is 12.0. The lowest BCUT2D eigenvalue weighted by molar-refractivity contribution is -0.122. The molecule has 22 heavy (non-hydrogen) atoms. The number of carbonyl (C=O) groups is 1. The summed E-state index contributed by atoms with van der Waals surface area (Å²) in [6.45, 7) is 4.11. The predicted molar refractivity (Wildman–Crippen MR) is 76.8 cm³/mol. The van der Waals surface area contributed by atoms with Gasteiger partial charge in [0.2, 0.25) is 0 Å². The molecule has 8 heteroatoms. The SMILES string of the molecule is COCCO[C@@H]1[C@H](C)[C@@H](C=O)O[C@H]1n1cc(C)c(=O)[nH]c1=O. The van der Waals surface area contributed by atoms with Gasteiger partial charge in [0, 0.05) is 24.8 Å². The Kier molecular flexibility index (Phi) is 5.28. The number of nitrogens with zero attached hydrogens (tertiary/aromatic N) is 1. The summed E-state index contributed by atoms with van der Waals surface area (Å²) in [5.41, 5.74) is -0.670. The summed E-state index contributed by atoms with van der Waals surface area (Å²) in [6.07, 6.45) is 0.175. The van der Waals surface area contributed by atoms with Crippen LogP contribution >= 0.6 is 0 Å². The van der Waals surface area contributed by atoms with E-state index in [0.717, 1.165) is 0 Å². The predicted octanol–water partition coefficient (Wildman–Crippen LogP) is -0.391. The van der Waals surface area contributed by atoms with Gasteiger partial charge in [-0.15, -0.1) is 0 Å². The molecule has 0 saturated carbocycles. The average molecular weight is 312 g/mol. The lowest BCUT2D eigenvalue weighted by atomic mass is 10.0. The van der Waals surface area contributed by atoms with Gasteiger partial charge in [0.15, 0.2) is 6.23 Å². The second-order valence-electron chi connectivity index (χ2n) is 5.29. The van der Waals surface area contributed by atoms with Crippen LogP contribution in [0.4, 0.5) is 0 Å². The summed E-state index contributed by atoms with van der Waals surface area (Å²) in [7, 11) is 1.55. The van der Waals surface area contributed by atoms with E-state index in [1.165, 1.54) is 10.8 Å². The summed E-state index contributed by atoms with van der Waals surface area (Å²) >= 11 is 0. The Balaban J connectivity index is 2.33. The van der Waals surface area contributed by atoms with Gasteiger partial charge in [0.1, 0.15) is 18.5 Å². The first-order valence-electron chi connectivity index (χ1n) is 7.03. The number of aromatic amines is 1. The van der Waals surface area contributed by atoms with Crippen LogP contribution in [0.1, 0.15) is 18.7 Å². The molecule has 1 N–H and O–H groups in total. The van der Waals surface area contributed by atoms with E-state index in [9.17, 15) is 14.4 Å². The van der Waals surface area contributed by atoms with Gasteiger partial charge in [0.25, 0.3) is 5.56 Å². The fourth-order valence-electron chi connectivity index (χ4n) is 2.47. The van der Waals surface area contributed by atoms with Crippen molar-refractivity contribution in [3.05, 3.63) is 32.6 Å². The third kappa shape index (κ3) is 3.18. The van der Waals surface area contributed by atoms with Gasteiger partial charge in [-0.1, -0.05) is 6.92 Å². The van der Waals surface area contributed by atoms with Gasteiger partial charge < -0.3 is 19.0 Å². The highest BCUT2D eigenvalue weighted by Gasteiger charge is 2.44. The Hall–Kier alpha value is -1.77. The second-order valence-corrected chi connectivity index (χ2v) is 5.29. The number of methoxy groups -OCH3 is 1. The average Bonchev–Trinajstić information content (AvgIpc) is 2.80. The van der Waals surface area contributed by atoms with E-state index >= 15 is 0 Å². The zero-order valence-corrected chi connectivity index (χ0v) is 12.8. The minimum atomic E-state index is -0.773. The molecular formula is C14H20N2O6. The summed E-state index contributed by atoms with van der Waals surface area (Å²) in [4.78, 5) is 36.8. The van der Waals surface area contributed by atoms with Crippen molar-refractivity contribution in [3.63, 3.8) is 0 Å². The zero-order chi connectivity index (χ0) is 16.3. The van der Waals surface area contributed by atoms with Crippen molar-refractivity contribution in [2.75, 3.05) is 20.3 Å². The number of H-pyrrole nitrogens is 1. The minimum Gasteiger partial charge on any atom is -0.382 e. The van der Waals surface area contributed by atoms with E-state index < -0.39 is 29.7 Å². The van der Waals surface area contributed by atoms with Crippen molar-refractivity contribution in [2.24, 2.45) is 5.92 Å². The topological polar surface area (TPSA) is 99.6 Å². The molecule has 8 nitrogen and oxygen atoms in total. The third-order valence-electron chi connectivity index (χ3n) is 3.77. The van der Waals surface area contributed by atoms with Gasteiger partial charge in [-0.2, -0.15) is 0 Å². The first-order chi connectivity index (χ1) is 10.5. The minimum absolute atomic E-state index is 0.224. The summed E-state index contributed by atoms with van der Waals surface area (Å²) < 4.78 is 17.6. The van der Waals surface area contributed by atoms with Crippen LogP contribution in [0.25, 0.3) is 0 Å². The van der Waals surface area contributed by atoms with Crippen LogP contribution in [0.5, 0.6) is 0 Å². The first-order valence-corrected chi connectivity index (χ1v) is 7.03. The normalized spacial score (nSPS) is 28.0. The first kappa shape index (κ1) is 16.6. The maximum absolute atomic E-state index is 12.0. The van der Waals surface area contributed by atoms with E-state index in [4.69, 9.17) is 14.2 Å². The Labute approximate surface area is 127 Å². The molecule has 4 atom stereocenters. The number of carbonyl (C=O) groups excluding carboxylic acids is 1. The van der Waals surface area contributed by atoms with Gasteiger partial charge in [-0.05, 0) is 6.92 Å². The molecule has 0 amide bonds. The number of hydrogen-bond donors (Lipinski definition) is 1. The third-order valence-corrected chi connectivity index (χ3v) is 3.77. The molecule has 0 aliphatic carbocycles. The Morgan fingerprint density at radius 1 is 1.41 bits per heavy atom. The lowest BCUT2D eigenvalue weighted by Gasteiger charge is -2.23. The molecule has 0 aromatic carbocycles. The number of hydrogen-bond acceptors (Lipinski definition) is 6. The van der Waals surface area contributed by atoms with Crippen LogP contribution in [0, 0.1) is 12.8 Å². The van der Waals surface area contributed by atoms with E-state index in [1.54, 1.807) is 14.0 Å². The molecule has 0 bridgehead atoms. The van der Waals surface area contributed by atoms with Crippen LogP contribution < -0.4 is 11.2 Å². The molecule has 0 radical (unpaired) electrons. The fourth-order valence-corrected chi connectivity index (χ4v) is 2.47. The molecule has 2 heterocycles. The van der Waals surface area contributed by atoms with Crippen molar-refractivity contribution in [3.8, 4) is 0 Å². The van der Waals surface area contributed by atoms with Crippen molar-refractivity contribution in [1.29, 1.82) is 0 Å². The van der Waals surface area contributed by atoms with Crippen LogP contribution in [0.15, 0.2) is 15.8 Å². The largest absolute Gasteiger partial charge is 0.382 e. The number of aldehydes is 1. The Morgan fingerprint density at radius 2 is 2.14 bits per heavy atom. The summed E-state index contributed by atoms with van der Waals surface area (Å²) in [5, 5.41) is 0. The van der Waals surface area contributed by atoms with Crippen LogP contribution in [-0.4, -0.2) is 48.4 Å². The molecule has 1 fully saturated rings. The highest BCUT2D eigenvalue weighted by molar-refractivity contribution is 5.57. The smallest absolute Gasteiger partial charge is 0.330 e. The van der Waals surface area contributed by atoms with Crippen LogP contribution in [-0.2, 0) is 19.0 Å². The molecule has 2 rings (SSSR count). The number of aromatic nitrogens is 2. The van der Waals surface area contributed by atoms with Gasteiger partial charge >= 0.3 is 5.69 Å². The molecule has 0 unspecified atom stereocenters. The molecule has 1 saturated heterocycles. The molecule has 122 valence electrons.